The molecule has 0 N–H and O–H groups in total. The molecule has 7 heteroatoms. The molecule has 35 heavy (non-hydrogen) atoms. The molecule has 0 atom stereocenters. The molecule has 3 aromatic carbocycles. The van der Waals surface area contributed by atoms with Crippen LogP contribution in [0.5, 0.6) is 5.75 Å². The average molecular weight is 480 g/mol. The van der Waals surface area contributed by atoms with Gasteiger partial charge in [-0.2, -0.15) is 0 Å². The second-order valence-corrected chi connectivity index (χ2v) is 8.44. The minimum absolute atomic E-state index is 0.203. The van der Waals surface area contributed by atoms with Crippen LogP contribution >= 0.6 is 0 Å². The fraction of sp³-hybridized carbons (Fsp3) is 0.286. The predicted molar refractivity (Wildman–Crippen MR) is 133 cm³/mol. The molecule has 0 fully saturated rings. The van der Waals surface area contributed by atoms with Crippen molar-refractivity contribution in [1.82, 2.24) is 0 Å². The fourth-order valence-corrected chi connectivity index (χ4v) is 3.58. The molecule has 0 heterocycles. The molecule has 0 unspecified atom stereocenters. The van der Waals surface area contributed by atoms with Crippen LogP contribution in [0.4, 0.5) is 10.1 Å². The number of halogens is 1. The lowest BCUT2D eigenvalue weighted by Crippen LogP contribution is -2.51. The smallest absolute Gasteiger partial charge is 0.326 e. The van der Waals surface area contributed by atoms with Crippen molar-refractivity contribution in [3.63, 3.8) is 0 Å². The van der Waals surface area contributed by atoms with Crippen LogP contribution in [0.25, 0.3) is 11.1 Å². The van der Waals surface area contributed by atoms with Crippen molar-refractivity contribution in [3.05, 3.63) is 84.2 Å². The molecule has 184 valence electrons. The molecule has 0 aromatic heterocycles. The Morgan fingerprint density at radius 3 is 2.00 bits per heavy atom. The third-order valence-electron chi connectivity index (χ3n) is 5.32. The quantitative estimate of drug-likeness (QED) is 0.365. The van der Waals surface area contributed by atoms with Crippen LogP contribution < -0.4 is 9.64 Å². The Kier molecular flexibility index (Phi) is 8.60. The minimum Gasteiger partial charge on any atom is -0.478 e. The van der Waals surface area contributed by atoms with Crippen LogP contribution in [0.2, 0.25) is 0 Å². The summed E-state index contributed by atoms with van der Waals surface area (Å²) in [5, 5.41) is 0. The largest absolute Gasteiger partial charge is 0.478 e. The van der Waals surface area contributed by atoms with Crippen molar-refractivity contribution >= 4 is 17.6 Å². The zero-order valence-electron chi connectivity index (χ0n) is 20.4. The Bertz CT molecular complexity index is 1130. The van der Waals surface area contributed by atoms with Gasteiger partial charge in [0.25, 0.3) is 5.91 Å². The van der Waals surface area contributed by atoms with Crippen molar-refractivity contribution in [3.8, 4) is 16.9 Å². The molecule has 0 aliphatic carbocycles. The standard InChI is InChI=1S/C28H30FNO5/c1-5-34-26(31)18-30(27(32)28(2,3)35-25-16-12-23(29)13-17-25)24-14-10-22(11-15-24)21-8-6-20(7-9-21)19-33-4/h6-17H,5,18-19H2,1-4H3. The first-order chi connectivity index (χ1) is 16.7. The highest BCUT2D eigenvalue weighted by Crippen LogP contribution is 2.27. The van der Waals surface area contributed by atoms with Gasteiger partial charge in [0.05, 0.1) is 13.2 Å². The Balaban J connectivity index is 1.85. The number of esters is 1. The molecule has 0 aliphatic rings. The van der Waals surface area contributed by atoms with Gasteiger partial charge in [0.15, 0.2) is 5.60 Å². The Morgan fingerprint density at radius 2 is 1.46 bits per heavy atom. The molecule has 3 rings (SSSR count). The number of nitrogens with zero attached hydrogens (tertiary/aromatic N) is 1. The van der Waals surface area contributed by atoms with Gasteiger partial charge in [-0.25, -0.2) is 4.39 Å². The highest BCUT2D eigenvalue weighted by molar-refractivity contribution is 6.02. The minimum atomic E-state index is -1.33. The zero-order chi connectivity index (χ0) is 25.4. The number of rotatable bonds is 10. The summed E-state index contributed by atoms with van der Waals surface area (Å²) in [6.07, 6.45) is 0. The summed E-state index contributed by atoms with van der Waals surface area (Å²) in [5.41, 5.74) is 2.24. The van der Waals surface area contributed by atoms with Crippen LogP contribution in [0.1, 0.15) is 26.3 Å². The van der Waals surface area contributed by atoms with E-state index >= 15 is 0 Å². The third kappa shape index (κ3) is 6.90. The molecule has 3 aromatic rings. The molecule has 0 spiro atoms. The number of carbonyl (C=O) groups is 2. The van der Waals surface area contributed by atoms with E-state index in [2.05, 4.69) is 0 Å². The highest BCUT2D eigenvalue weighted by Gasteiger charge is 2.36. The van der Waals surface area contributed by atoms with E-state index < -0.39 is 23.3 Å². The summed E-state index contributed by atoms with van der Waals surface area (Å²) < 4.78 is 29.4. The number of carbonyl (C=O) groups excluding carboxylic acids is 2. The van der Waals surface area contributed by atoms with Gasteiger partial charge in [0.1, 0.15) is 18.1 Å². The number of ether oxygens (including phenoxy) is 3. The number of hydrogen-bond acceptors (Lipinski definition) is 5. The fourth-order valence-electron chi connectivity index (χ4n) is 3.58. The second kappa shape index (κ2) is 11.6. The summed E-state index contributed by atoms with van der Waals surface area (Å²) in [6.45, 7) is 5.39. The van der Waals surface area contributed by atoms with Gasteiger partial charge in [-0.1, -0.05) is 36.4 Å². The van der Waals surface area contributed by atoms with Gasteiger partial charge in [0.2, 0.25) is 0 Å². The Morgan fingerprint density at radius 1 is 0.886 bits per heavy atom. The van der Waals surface area contributed by atoms with E-state index in [0.717, 1.165) is 16.7 Å². The molecular formula is C28H30FNO5. The summed E-state index contributed by atoms with van der Waals surface area (Å²) >= 11 is 0. The van der Waals surface area contributed by atoms with Crippen LogP contribution in [-0.2, 0) is 25.7 Å². The molecule has 0 saturated heterocycles. The van der Waals surface area contributed by atoms with Gasteiger partial charge in [-0.15, -0.1) is 0 Å². The molecular weight excluding hydrogens is 449 g/mol. The molecule has 0 radical (unpaired) electrons. The van der Waals surface area contributed by atoms with E-state index in [9.17, 15) is 14.0 Å². The lowest BCUT2D eigenvalue weighted by Gasteiger charge is -2.32. The van der Waals surface area contributed by atoms with Gasteiger partial charge in [0, 0.05) is 12.8 Å². The molecule has 1 amide bonds. The highest BCUT2D eigenvalue weighted by atomic mass is 19.1. The van der Waals surface area contributed by atoms with Crippen LogP contribution in [-0.4, -0.2) is 37.7 Å². The molecule has 0 saturated carbocycles. The van der Waals surface area contributed by atoms with E-state index in [0.29, 0.717) is 18.0 Å². The lowest BCUT2D eigenvalue weighted by atomic mass is 10.0. The first kappa shape index (κ1) is 25.9. The van der Waals surface area contributed by atoms with Crippen LogP contribution in [0, 0.1) is 5.82 Å². The first-order valence-corrected chi connectivity index (χ1v) is 11.3. The molecule has 6 nitrogen and oxygen atoms in total. The topological polar surface area (TPSA) is 65.1 Å². The van der Waals surface area contributed by atoms with Crippen molar-refractivity contribution in [2.45, 2.75) is 33.0 Å². The van der Waals surface area contributed by atoms with Crippen LogP contribution in [0.3, 0.4) is 0 Å². The Hall–Kier alpha value is -3.71. The van der Waals surface area contributed by atoms with Crippen LogP contribution in [0.15, 0.2) is 72.8 Å². The number of anilines is 1. The van der Waals surface area contributed by atoms with E-state index in [1.165, 1.54) is 29.2 Å². The summed E-state index contributed by atoms with van der Waals surface area (Å²) in [5.74, 6) is -1.03. The van der Waals surface area contributed by atoms with Crippen molar-refractivity contribution < 1.29 is 28.2 Å². The number of benzene rings is 3. The maximum Gasteiger partial charge on any atom is 0.326 e. The van der Waals surface area contributed by atoms with E-state index in [1.54, 1.807) is 40.0 Å². The maximum atomic E-state index is 13.5. The van der Waals surface area contributed by atoms with Gasteiger partial charge in [-0.05, 0) is 73.9 Å². The van der Waals surface area contributed by atoms with Gasteiger partial charge in [-0.3, -0.25) is 14.5 Å². The van der Waals surface area contributed by atoms with E-state index in [4.69, 9.17) is 14.2 Å². The normalized spacial score (nSPS) is 11.1. The summed E-state index contributed by atoms with van der Waals surface area (Å²) in [7, 11) is 1.65. The summed E-state index contributed by atoms with van der Waals surface area (Å²) in [6, 6.07) is 20.8. The SMILES string of the molecule is CCOC(=O)CN(C(=O)C(C)(C)Oc1ccc(F)cc1)c1ccc(-c2ccc(COC)cc2)cc1. The Labute approximate surface area is 205 Å². The van der Waals surface area contributed by atoms with Crippen molar-refractivity contribution in [2.75, 3.05) is 25.2 Å². The van der Waals surface area contributed by atoms with Crippen molar-refractivity contribution in [2.24, 2.45) is 0 Å². The number of hydrogen-bond donors (Lipinski definition) is 0. The predicted octanol–water partition coefficient (Wildman–Crippen LogP) is 5.39. The third-order valence-corrected chi connectivity index (χ3v) is 5.32. The number of methoxy groups -OCH3 is 1. The van der Waals surface area contributed by atoms with Gasteiger partial charge >= 0.3 is 5.97 Å². The first-order valence-electron chi connectivity index (χ1n) is 11.3. The summed E-state index contributed by atoms with van der Waals surface area (Å²) in [4.78, 5) is 27.2. The number of amides is 1. The monoisotopic (exact) mass is 479 g/mol. The average Bonchev–Trinajstić information content (AvgIpc) is 2.84. The zero-order valence-corrected chi connectivity index (χ0v) is 20.4. The van der Waals surface area contributed by atoms with Crippen molar-refractivity contribution in [1.29, 1.82) is 0 Å². The second-order valence-electron chi connectivity index (χ2n) is 8.44. The molecule has 0 aliphatic heterocycles. The lowest BCUT2D eigenvalue weighted by molar-refractivity contribution is -0.143. The van der Waals surface area contributed by atoms with Gasteiger partial charge < -0.3 is 14.2 Å². The molecule has 0 bridgehead atoms. The van der Waals surface area contributed by atoms with E-state index in [-0.39, 0.29) is 13.2 Å². The van der Waals surface area contributed by atoms with E-state index in [1.807, 2.05) is 36.4 Å². The maximum absolute atomic E-state index is 13.5.